The predicted octanol–water partition coefficient (Wildman–Crippen LogP) is 24.3. The number of hydrogen-bond donors (Lipinski definition) is 3. The van der Waals surface area contributed by atoms with E-state index in [2.05, 4.69) is 43.5 Å². The molecule has 0 aliphatic heterocycles. The lowest BCUT2D eigenvalue weighted by Crippen LogP contribution is -2.45. The highest BCUT2D eigenvalue weighted by molar-refractivity contribution is 5.76. The number of aliphatic hydroxyl groups excluding tert-OH is 2. The van der Waals surface area contributed by atoms with Crippen LogP contribution in [-0.4, -0.2) is 47.4 Å². The number of amides is 1. The summed E-state index contributed by atoms with van der Waals surface area (Å²) in [6, 6.07) is -0.626. The van der Waals surface area contributed by atoms with Crippen LogP contribution in [0.15, 0.2) is 36.5 Å². The highest BCUT2D eigenvalue weighted by atomic mass is 16.5. The molecule has 0 heterocycles. The molecule has 0 aliphatic rings. The quantitative estimate of drug-likeness (QED) is 0.0320. The molecule has 484 valence electrons. The Morgan fingerprint density at radius 3 is 0.963 bits per heavy atom. The Morgan fingerprint density at radius 2 is 0.622 bits per heavy atom. The number of allylic oxidation sites excluding steroid dienone is 5. The minimum Gasteiger partial charge on any atom is -0.466 e. The molecule has 0 spiro atoms. The van der Waals surface area contributed by atoms with Crippen LogP contribution in [0.2, 0.25) is 0 Å². The second-order valence-electron chi connectivity index (χ2n) is 25.6. The van der Waals surface area contributed by atoms with Crippen molar-refractivity contribution < 1.29 is 24.5 Å². The number of ether oxygens (including phenoxy) is 1. The fourth-order valence-electron chi connectivity index (χ4n) is 11.7. The lowest BCUT2D eigenvalue weighted by Gasteiger charge is -2.20. The van der Waals surface area contributed by atoms with Crippen molar-refractivity contribution >= 4 is 11.9 Å². The third-order valence-electron chi connectivity index (χ3n) is 17.4. The van der Waals surface area contributed by atoms with Crippen LogP contribution in [0.25, 0.3) is 0 Å². The summed E-state index contributed by atoms with van der Waals surface area (Å²) in [5.74, 6) is -0.0544. The minimum absolute atomic E-state index is 0.00560. The number of hydrogen-bond acceptors (Lipinski definition) is 5. The number of nitrogens with one attached hydrogen (secondary N) is 1. The summed E-state index contributed by atoms with van der Waals surface area (Å²) in [5.41, 5.74) is 0. The van der Waals surface area contributed by atoms with Gasteiger partial charge in [0.1, 0.15) is 0 Å². The Kier molecular flexibility index (Phi) is 69.9. The second kappa shape index (κ2) is 71.6. The van der Waals surface area contributed by atoms with Crippen LogP contribution in [0, 0.1) is 0 Å². The molecular weight excluding hydrogens is 1010 g/mol. The maximum atomic E-state index is 12.5. The van der Waals surface area contributed by atoms with Gasteiger partial charge < -0.3 is 20.3 Å². The third-order valence-corrected chi connectivity index (χ3v) is 17.4. The van der Waals surface area contributed by atoms with Gasteiger partial charge in [-0.1, -0.05) is 378 Å². The fraction of sp³-hybridized carbons (Fsp3) is 0.895. The standard InChI is InChI=1S/C76H145NO5/c1-3-5-7-9-11-13-15-17-19-20-21-32-35-38-41-44-48-52-56-60-64-68-74(79)73(72-78)77-75(80)69-65-61-57-53-49-45-42-39-36-33-30-28-26-24-22-23-25-27-29-31-34-37-40-43-47-51-55-59-63-67-71-82-76(81)70-66-62-58-54-50-46-18-16-14-12-10-8-6-4-2/h10,12,16,18,64,68,73-74,78-79H,3-9,11,13-15,17,19-63,65-67,69-72H2,1-2H3,(H,77,80)/b12-10-,18-16-,68-64+. The van der Waals surface area contributed by atoms with E-state index in [1.54, 1.807) is 6.08 Å². The number of carbonyl (C=O) groups is 2. The number of carbonyl (C=O) groups excluding carboxylic acids is 2. The van der Waals surface area contributed by atoms with Gasteiger partial charge in [-0.15, -0.1) is 0 Å². The highest BCUT2D eigenvalue weighted by Crippen LogP contribution is 2.19. The van der Waals surface area contributed by atoms with E-state index in [4.69, 9.17) is 4.74 Å². The van der Waals surface area contributed by atoms with Crippen molar-refractivity contribution in [2.75, 3.05) is 13.2 Å². The Balaban J connectivity index is 3.36. The summed E-state index contributed by atoms with van der Waals surface area (Å²) in [7, 11) is 0. The van der Waals surface area contributed by atoms with E-state index >= 15 is 0 Å². The molecule has 0 aromatic carbocycles. The van der Waals surface area contributed by atoms with Crippen LogP contribution in [0.4, 0.5) is 0 Å². The van der Waals surface area contributed by atoms with Gasteiger partial charge in [-0.2, -0.15) is 0 Å². The molecule has 1 amide bonds. The van der Waals surface area contributed by atoms with Crippen molar-refractivity contribution in [1.82, 2.24) is 5.32 Å². The van der Waals surface area contributed by atoms with E-state index in [0.717, 1.165) is 51.4 Å². The summed E-state index contributed by atoms with van der Waals surface area (Å²) in [6.07, 6.45) is 92.4. The second-order valence-corrected chi connectivity index (χ2v) is 25.6. The van der Waals surface area contributed by atoms with Crippen molar-refractivity contribution in [2.24, 2.45) is 0 Å². The Hall–Kier alpha value is -1.92. The lowest BCUT2D eigenvalue weighted by atomic mass is 10.0. The Bertz CT molecular complexity index is 1330. The molecule has 0 saturated heterocycles. The summed E-state index contributed by atoms with van der Waals surface area (Å²) >= 11 is 0. The number of esters is 1. The summed E-state index contributed by atoms with van der Waals surface area (Å²) in [4.78, 5) is 24.6. The zero-order valence-corrected chi connectivity index (χ0v) is 55.5. The van der Waals surface area contributed by atoms with Crippen LogP contribution in [0.5, 0.6) is 0 Å². The maximum Gasteiger partial charge on any atom is 0.305 e. The average Bonchev–Trinajstić information content (AvgIpc) is 3.48. The van der Waals surface area contributed by atoms with Gasteiger partial charge >= 0.3 is 5.97 Å². The molecule has 0 aliphatic carbocycles. The van der Waals surface area contributed by atoms with Gasteiger partial charge in [0.15, 0.2) is 0 Å². The lowest BCUT2D eigenvalue weighted by molar-refractivity contribution is -0.143. The van der Waals surface area contributed by atoms with E-state index in [0.29, 0.717) is 19.4 Å². The number of unbranched alkanes of at least 4 members (excludes halogenated alkanes) is 55. The first-order valence-corrected chi connectivity index (χ1v) is 37.3. The largest absolute Gasteiger partial charge is 0.466 e. The topological polar surface area (TPSA) is 95.9 Å². The van der Waals surface area contributed by atoms with E-state index in [9.17, 15) is 19.8 Å². The van der Waals surface area contributed by atoms with Crippen LogP contribution in [0.3, 0.4) is 0 Å². The SMILES string of the molecule is CCCC/C=C\C/C=C\CCCCCCCC(=O)OCCCCCCCCCCCCCCCCCCCCCCCCCCCCCCCCC(=O)NC(CO)C(O)/C=C/CCCCCCCCCCCCCCCCCCCCC. The molecule has 2 atom stereocenters. The normalized spacial score (nSPS) is 12.7. The van der Waals surface area contributed by atoms with Crippen LogP contribution in [0.1, 0.15) is 412 Å². The number of rotatable bonds is 70. The molecule has 0 aromatic rings. The fourth-order valence-corrected chi connectivity index (χ4v) is 11.7. The average molecular weight is 1150 g/mol. The Labute approximate surface area is 513 Å². The zero-order chi connectivity index (χ0) is 59.2. The molecule has 0 bridgehead atoms. The molecule has 0 saturated carbocycles. The predicted molar refractivity (Wildman–Crippen MR) is 361 cm³/mol. The van der Waals surface area contributed by atoms with Crippen molar-refractivity contribution in [1.29, 1.82) is 0 Å². The summed E-state index contributed by atoms with van der Waals surface area (Å²) in [5, 5.41) is 23.3. The molecule has 82 heavy (non-hydrogen) atoms. The van der Waals surface area contributed by atoms with Crippen LogP contribution < -0.4 is 5.32 Å². The number of aliphatic hydroxyl groups is 2. The van der Waals surface area contributed by atoms with Crippen molar-refractivity contribution in [3.63, 3.8) is 0 Å². The zero-order valence-electron chi connectivity index (χ0n) is 55.5. The smallest absolute Gasteiger partial charge is 0.305 e. The molecule has 0 aromatic heterocycles. The van der Waals surface area contributed by atoms with E-state index in [1.807, 2.05) is 6.08 Å². The van der Waals surface area contributed by atoms with Gasteiger partial charge in [-0.05, 0) is 57.8 Å². The minimum atomic E-state index is -0.843. The molecular formula is C76H145NO5. The van der Waals surface area contributed by atoms with Gasteiger partial charge in [0, 0.05) is 12.8 Å². The monoisotopic (exact) mass is 1150 g/mol. The van der Waals surface area contributed by atoms with E-state index in [1.165, 1.54) is 334 Å². The van der Waals surface area contributed by atoms with Crippen molar-refractivity contribution in [3.8, 4) is 0 Å². The van der Waals surface area contributed by atoms with Gasteiger partial charge in [0.2, 0.25) is 5.91 Å². The summed E-state index contributed by atoms with van der Waals surface area (Å²) in [6.45, 7) is 4.90. The molecule has 0 rings (SSSR count). The first-order chi connectivity index (χ1) is 40.5. The maximum absolute atomic E-state index is 12.5. The molecule has 2 unspecified atom stereocenters. The molecule has 6 nitrogen and oxygen atoms in total. The van der Waals surface area contributed by atoms with Gasteiger partial charge in [-0.25, -0.2) is 0 Å². The Morgan fingerprint density at radius 1 is 0.341 bits per heavy atom. The molecule has 3 N–H and O–H groups in total. The van der Waals surface area contributed by atoms with Gasteiger partial charge in [0.25, 0.3) is 0 Å². The van der Waals surface area contributed by atoms with Crippen molar-refractivity contribution in [2.45, 2.75) is 424 Å². The van der Waals surface area contributed by atoms with Crippen LogP contribution >= 0.6 is 0 Å². The first kappa shape index (κ1) is 80.1. The highest BCUT2D eigenvalue weighted by Gasteiger charge is 2.18. The third kappa shape index (κ3) is 67.2. The van der Waals surface area contributed by atoms with Gasteiger partial charge in [0.05, 0.1) is 25.4 Å². The van der Waals surface area contributed by atoms with E-state index in [-0.39, 0.29) is 18.5 Å². The van der Waals surface area contributed by atoms with Crippen molar-refractivity contribution in [3.05, 3.63) is 36.5 Å². The van der Waals surface area contributed by atoms with Crippen LogP contribution in [-0.2, 0) is 14.3 Å². The molecule has 0 radical (unpaired) electrons. The first-order valence-electron chi connectivity index (χ1n) is 37.3. The molecule has 6 heteroatoms. The van der Waals surface area contributed by atoms with E-state index < -0.39 is 12.1 Å². The summed E-state index contributed by atoms with van der Waals surface area (Å²) < 4.78 is 5.49. The van der Waals surface area contributed by atoms with Gasteiger partial charge in [-0.3, -0.25) is 9.59 Å². The molecule has 0 fully saturated rings.